The molecule has 3 heterocycles. The van der Waals surface area contributed by atoms with Crippen LogP contribution in [0.25, 0.3) is 16.8 Å². The summed E-state index contributed by atoms with van der Waals surface area (Å²) < 4.78 is 7.70. The highest BCUT2D eigenvalue weighted by molar-refractivity contribution is 5.78. The standard InChI is InChI=1S/C19H24N6O2/c1-20-13-18(26)24-8-6-21-17-5-7-25-19(23-17)16(12-22-25)14-3-2-4-15(11-14)27-10-9-24/h2-5,7,11-12,18,20,26H,6,8-10,13H2,1H3,(H,21,23). The number of nitrogens with one attached hydrogen (secondary N) is 2. The van der Waals surface area contributed by atoms with Crippen molar-refractivity contribution < 1.29 is 9.84 Å². The van der Waals surface area contributed by atoms with E-state index in [1.165, 1.54) is 0 Å². The Morgan fingerprint density at radius 3 is 3.15 bits per heavy atom. The fourth-order valence-electron chi connectivity index (χ4n) is 3.25. The van der Waals surface area contributed by atoms with Crippen molar-refractivity contribution in [3.63, 3.8) is 0 Å². The summed E-state index contributed by atoms with van der Waals surface area (Å²) >= 11 is 0. The summed E-state index contributed by atoms with van der Waals surface area (Å²) in [5.41, 5.74) is 2.77. The predicted molar refractivity (Wildman–Crippen MR) is 104 cm³/mol. The summed E-state index contributed by atoms with van der Waals surface area (Å²) in [5.74, 6) is 1.58. The number of benzene rings is 1. The molecule has 3 aromatic rings. The second kappa shape index (κ2) is 7.91. The zero-order valence-electron chi connectivity index (χ0n) is 15.3. The van der Waals surface area contributed by atoms with Gasteiger partial charge in [-0.05, 0) is 30.8 Å². The van der Waals surface area contributed by atoms with Crippen molar-refractivity contribution >= 4 is 11.5 Å². The number of likely N-dealkylation sites (N-methyl/N-ethyl adjacent to an activating group) is 1. The lowest BCUT2D eigenvalue weighted by Gasteiger charge is -2.28. The van der Waals surface area contributed by atoms with Gasteiger partial charge in [0, 0.05) is 37.9 Å². The highest BCUT2D eigenvalue weighted by Crippen LogP contribution is 2.27. The minimum absolute atomic E-state index is 0.497. The van der Waals surface area contributed by atoms with E-state index in [0.717, 1.165) is 28.3 Å². The van der Waals surface area contributed by atoms with Gasteiger partial charge in [0.25, 0.3) is 0 Å². The molecule has 8 nitrogen and oxygen atoms in total. The lowest BCUT2D eigenvalue weighted by Crippen LogP contribution is -2.45. The number of aliphatic hydroxyl groups is 1. The van der Waals surface area contributed by atoms with Crippen LogP contribution in [0.3, 0.4) is 0 Å². The summed E-state index contributed by atoms with van der Waals surface area (Å²) in [6.07, 6.45) is 3.15. The van der Waals surface area contributed by atoms with E-state index in [0.29, 0.717) is 32.8 Å². The number of aliphatic hydroxyl groups excluding tert-OH is 1. The molecular weight excluding hydrogens is 344 g/mol. The van der Waals surface area contributed by atoms with Gasteiger partial charge in [0.2, 0.25) is 0 Å². The third-order valence-electron chi connectivity index (χ3n) is 4.67. The summed E-state index contributed by atoms with van der Waals surface area (Å²) in [6.45, 7) is 2.96. The third-order valence-corrected chi connectivity index (χ3v) is 4.67. The van der Waals surface area contributed by atoms with Gasteiger partial charge in [0.15, 0.2) is 5.65 Å². The van der Waals surface area contributed by atoms with Gasteiger partial charge in [-0.25, -0.2) is 9.50 Å². The van der Waals surface area contributed by atoms with Gasteiger partial charge in [0.1, 0.15) is 24.4 Å². The summed E-state index contributed by atoms with van der Waals surface area (Å²) in [5, 5.41) is 21.1. The van der Waals surface area contributed by atoms with E-state index in [-0.39, 0.29) is 0 Å². The van der Waals surface area contributed by atoms with Gasteiger partial charge in [-0.15, -0.1) is 0 Å². The van der Waals surface area contributed by atoms with Crippen LogP contribution >= 0.6 is 0 Å². The molecule has 1 aliphatic rings. The first-order chi connectivity index (χ1) is 13.2. The first-order valence-electron chi connectivity index (χ1n) is 9.13. The van der Waals surface area contributed by atoms with Crippen LogP contribution in [0.2, 0.25) is 0 Å². The molecule has 0 aliphatic carbocycles. The molecule has 0 fully saturated rings. The maximum atomic E-state index is 10.4. The van der Waals surface area contributed by atoms with E-state index >= 15 is 0 Å². The monoisotopic (exact) mass is 368 g/mol. The molecule has 1 atom stereocenters. The third kappa shape index (κ3) is 3.87. The quantitative estimate of drug-likeness (QED) is 0.637. The van der Waals surface area contributed by atoms with Crippen LogP contribution in [0.1, 0.15) is 0 Å². The molecule has 0 spiro atoms. The number of fused-ring (bicyclic) bond motifs is 4. The molecule has 1 aromatic carbocycles. The molecule has 0 saturated heterocycles. The van der Waals surface area contributed by atoms with E-state index in [1.54, 1.807) is 4.52 Å². The summed E-state index contributed by atoms with van der Waals surface area (Å²) in [4.78, 5) is 6.71. The number of ether oxygens (including phenoxy) is 1. The van der Waals surface area contributed by atoms with Crippen LogP contribution in [0, 0.1) is 0 Å². The fourth-order valence-corrected chi connectivity index (χ4v) is 3.25. The van der Waals surface area contributed by atoms with E-state index in [9.17, 15) is 5.11 Å². The first kappa shape index (κ1) is 17.7. The molecule has 27 heavy (non-hydrogen) atoms. The predicted octanol–water partition coefficient (Wildman–Crippen LogP) is 1.04. The molecule has 0 radical (unpaired) electrons. The Morgan fingerprint density at radius 1 is 1.33 bits per heavy atom. The van der Waals surface area contributed by atoms with E-state index in [1.807, 2.05) is 54.7 Å². The maximum Gasteiger partial charge on any atom is 0.165 e. The highest BCUT2D eigenvalue weighted by Gasteiger charge is 2.16. The Balaban J connectivity index is 1.68. The van der Waals surface area contributed by atoms with Crippen molar-refractivity contribution in [3.05, 3.63) is 42.7 Å². The van der Waals surface area contributed by atoms with Crippen molar-refractivity contribution in [1.82, 2.24) is 24.8 Å². The first-order valence-corrected chi connectivity index (χ1v) is 9.13. The number of aromatic nitrogens is 3. The van der Waals surface area contributed by atoms with Gasteiger partial charge >= 0.3 is 0 Å². The number of rotatable bonds is 3. The zero-order chi connectivity index (χ0) is 18.6. The Kier molecular flexibility index (Phi) is 5.19. The molecule has 3 N–H and O–H groups in total. The van der Waals surface area contributed by atoms with E-state index in [4.69, 9.17) is 9.72 Å². The summed E-state index contributed by atoms with van der Waals surface area (Å²) in [7, 11) is 1.83. The molecule has 2 aromatic heterocycles. The molecule has 8 heteroatoms. The van der Waals surface area contributed by atoms with Gasteiger partial charge in [-0.1, -0.05) is 12.1 Å². The molecule has 0 amide bonds. The Hall–Kier alpha value is -2.68. The number of hydrogen-bond donors (Lipinski definition) is 3. The van der Waals surface area contributed by atoms with Gasteiger partial charge in [-0.3, -0.25) is 4.90 Å². The van der Waals surface area contributed by atoms with Crippen LogP contribution in [-0.2, 0) is 0 Å². The highest BCUT2D eigenvalue weighted by atomic mass is 16.5. The van der Waals surface area contributed by atoms with Crippen molar-refractivity contribution in [3.8, 4) is 16.9 Å². The molecule has 4 bridgehead atoms. The van der Waals surface area contributed by atoms with Gasteiger partial charge in [0.05, 0.1) is 6.20 Å². The molecule has 1 unspecified atom stereocenters. The lowest BCUT2D eigenvalue weighted by molar-refractivity contribution is 0.00149. The smallest absolute Gasteiger partial charge is 0.165 e. The Morgan fingerprint density at radius 2 is 2.26 bits per heavy atom. The maximum absolute atomic E-state index is 10.4. The molecule has 142 valence electrons. The lowest BCUT2D eigenvalue weighted by atomic mass is 10.1. The molecule has 0 saturated carbocycles. The largest absolute Gasteiger partial charge is 0.492 e. The van der Waals surface area contributed by atoms with Crippen LogP contribution in [-0.4, -0.2) is 70.7 Å². The molecular formula is C19H24N6O2. The second-order valence-electron chi connectivity index (χ2n) is 6.52. The SMILES string of the molecule is CNCC(O)N1CCNc2ccn3ncc(c3n2)-c2cccc(c2)OCC1. The van der Waals surface area contributed by atoms with Crippen molar-refractivity contribution in [1.29, 1.82) is 0 Å². The van der Waals surface area contributed by atoms with Gasteiger partial charge in [-0.2, -0.15) is 5.10 Å². The average Bonchev–Trinajstić information content (AvgIpc) is 3.10. The van der Waals surface area contributed by atoms with Crippen LogP contribution in [0.5, 0.6) is 5.75 Å². The topological polar surface area (TPSA) is 87.0 Å². The van der Waals surface area contributed by atoms with E-state index in [2.05, 4.69) is 15.7 Å². The Bertz CT molecular complexity index is 912. The minimum atomic E-state index is -0.573. The zero-order valence-corrected chi connectivity index (χ0v) is 15.3. The molecule has 1 aliphatic heterocycles. The minimum Gasteiger partial charge on any atom is -0.492 e. The number of anilines is 1. The van der Waals surface area contributed by atoms with Crippen molar-refractivity contribution in [2.24, 2.45) is 0 Å². The number of hydrogen-bond acceptors (Lipinski definition) is 7. The van der Waals surface area contributed by atoms with Gasteiger partial charge < -0.3 is 20.5 Å². The summed E-state index contributed by atoms with van der Waals surface area (Å²) in [6, 6.07) is 9.84. The van der Waals surface area contributed by atoms with E-state index < -0.39 is 6.23 Å². The van der Waals surface area contributed by atoms with Crippen LogP contribution in [0.4, 0.5) is 5.82 Å². The fraction of sp³-hybridized carbons (Fsp3) is 0.368. The average molecular weight is 368 g/mol. The number of nitrogens with zero attached hydrogens (tertiary/aromatic N) is 4. The second-order valence-corrected chi connectivity index (χ2v) is 6.52. The van der Waals surface area contributed by atoms with Crippen LogP contribution in [0.15, 0.2) is 42.7 Å². The Labute approximate surface area is 157 Å². The molecule has 4 rings (SSSR count). The van der Waals surface area contributed by atoms with Crippen molar-refractivity contribution in [2.45, 2.75) is 6.23 Å². The van der Waals surface area contributed by atoms with Crippen LogP contribution < -0.4 is 15.4 Å². The normalized spacial score (nSPS) is 16.5. The van der Waals surface area contributed by atoms with Crippen molar-refractivity contribution in [2.75, 3.05) is 45.2 Å².